The van der Waals surface area contributed by atoms with Gasteiger partial charge in [-0.3, -0.25) is 9.48 Å². The van der Waals surface area contributed by atoms with Gasteiger partial charge >= 0.3 is 0 Å². The highest BCUT2D eigenvalue weighted by Gasteiger charge is 2.25. The number of carbonyl (C=O) groups excluding carboxylic acids is 1. The Morgan fingerprint density at radius 2 is 2.09 bits per heavy atom. The lowest BCUT2D eigenvalue weighted by Gasteiger charge is -2.31. The zero-order valence-electron chi connectivity index (χ0n) is 14.0. The molecule has 1 atom stereocenters. The van der Waals surface area contributed by atoms with Crippen molar-refractivity contribution in [2.24, 2.45) is 5.92 Å². The van der Waals surface area contributed by atoms with Crippen molar-refractivity contribution in [3.05, 3.63) is 53.3 Å². The van der Waals surface area contributed by atoms with Crippen molar-refractivity contribution in [2.45, 2.75) is 39.7 Å². The average molecular weight is 311 g/mol. The lowest BCUT2D eigenvalue weighted by Crippen LogP contribution is -2.39. The van der Waals surface area contributed by atoms with Crippen molar-refractivity contribution in [1.29, 1.82) is 0 Å². The number of hydrogen-bond donors (Lipinski definition) is 0. The summed E-state index contributed by atoms with van der Waals surface area (Å²) in [6.07, 6.45) is 4.89. The molecule has 1 amide bonds. The summed E-state index contributed by atoms with van der Waals surface area (Å²) < 4.78 is 1.97. The first-order valence-corrected chi connectivity index (χ1v) is 8.57. The molecule has 4 heteroatoms. The van der Waals surface area contributed by atoms with E-state index in [1.165, 1.54) is 12.0 Å². The van der Waals surface area contributed by atoms with Crippen molar-refractivity contribution in [3.8, 4) is 0 Å². The predicted molar refractivity (Wildman–Crippen MR) is 91.5 cm³/mol. The summed E-state index contributed by atoms with van der Waals surface area (Å²) in [6.45, 7) is 6.77. The maximum Gasteiger partial charge on any atom is 0.257 e. The first-order chi connectivity index (χ1) is 11.2. The molecule has 23 heavy (non-hydrogen) atoms. The molecule has 1 saturated heterocycles. The third-order valence-corrected chi connectivity index (χ3v) is 4.63. The van der Waals surface area contributed by atoms with Gasteiger partial charge in [0.2, 0.25) is 0 Å². The smallest absolute Gasteiger partial charge is 0.257 e. The molecule has 4 nitrogen and oxygen atoms in total. The van der Waals surface area contributed by atoms with E-state index in [0.29, 0.717) is 12.5 Å². The maximum absolute atomic E-state index is 12.9. The summed E-state index contributed by atoms with van der Waals surface area (Å²) in [5, 5.41) is 4.49. The molecular weight excluding hydrogens is 286 g/mol. The van der Waals surface area contributed by atoms with Crippen LogP contribution in [0, 0.1) is 5.92 Å². The molecule has 1 unspecified atom stereocenters. The molecule has 2 aromatic rings. The van der Waals surface area contributed by atoms with Crippen LogP contribution < -0.4 is 0 Å². The maximum atomic E-state index is 12.9. The van der Waals surface area contributed by atoms with Gasteiger partial charge in [0.1, 0.15) is 0 Å². The van der Waals surface area contributed by atoms with Crippen molar-refractivity contribution in [1.82, 2.24) is 14.7 Å². The molecule has 0 N–H and O–H groups in total. The minimum Gasteiger partial charge on any atom is -0.338 e. The lowest BCUT2D eigenvalue weighted by atomic mass is 9.99. The van der Waals surface area contributed by atoms with Crippen LogP contribution in [0.3, 0.4) is 0 Å². The Hall–Kier alpha value is -2.10. The highest BCUT2D eigenvalue weighted by atomic mass is 16.2. The van der Waals surface area contributed by atoms with E-state index in [0.717, 1.165) is 37.2 Å². The van der Waals surface area contributed by atoms with Gasteiger partial charge in [-0.25, -0.2) is 0 Å². The molecule has 0 saturated carbocycles. The zero-order valence-corrected chi connectivity index (χ0v) is 14.0. The number of aromatic nitrogens is 2. The van der Waals surface area contributed by atoms with Gasteiger partial charge in [0.05, 0.1) is 24.0 Å². The van der Waals surface area contributed by atoms with Gasteiger partial charge in [0.25, 0.3) is 5.91 Å². The molecule has 1 aromatic carbocycles. The van der Waals surface area contributed by atoms with E-state index < -0.39 is 0 Å². The Kier molecular flexibility index (Phi) is 4.79. The molecule has 3 rings (SSSR count). The summed E-state index contributed by atoms with van der Waals surface area (Å²) in [6, 6.07) is 10.3. The predicted octanol–water partition coefficient (Wildman–Crippen LogP) is 3.37. The van der Waals surface area contributed by atoms with Crippen LogP contribution in [0.4, 0.5) is 0 Å². The van der Waals surface area contributed by atoms with E-state index in [1.807, 2.05) is 27.8 Å². The normalized spacial score (nSPS) is 18.2. The fraction of sp³-hybridized carbons (Fsp3) is 0.474. The first-order valence-electron chi connectivity index (χ1n) is 8.57. The van der Waals surface area contributed by atoms with Gasteiger partial charge < -0.3 is 4.90 Å². The fourth-order valence-electron chi connectivity index (χ4n) is 3.40. The number of rotatable bonds is 4. The molecule has 0 radical (unpaired) electrons. The molecular formula is C19H25N3O. The second-order valence-electron chi connectivity index (χ2n) is 6.50. The van der Waals surface area contributed by atoms with E-state index >= 15 is 0 Å². The van der Waals surface area contributed by atoms with Gasteiger partial charge in [-0.2, -0.15) is 5.10 Å². The molecule has 0 bridgehead atoms. The summed E-state index contributed by atoms with van der Waals surface area (Å²) in [7, 11) is 0. The third-order valence-electron chi connectivity index (χ3n) is 4.63. The summed E-state index contributed by atoms with van der Waals surface area (Å²) in [5.74, 6) is 0.741. The SMILES string of the molecule is CCc1c(C(=O)N2CCCC(C)C2)cnn1Cc1ccccc1. The number of piperidine rings is 1. The van der Waals surface area contributed by atoms with Crippen LogP contribution >= 0.6 is 0 Å². The van der Waals surface area contributed by atoms with Gasteiger partial charge in [-0.15, -0.1) is 0 Å². The molecule has 1 aromatic heterocycles. The molecule has 0 aliphatic carbocycles. The van der Waals surface area contributed by atoms with Crippen LogP contribution in [-0.2, 0) is 13.0 Å². The van der Waals surface area contributed by atoms with Crippen LogP contribution in [0.15, 0.2) is 36.5 Å². The second kappa shape index (κ2) is 6.99. The molecule has 0 spiro atoms. The third kappa shape index (κ3) is 3.46. The number of likely N-dealkylation sites (tertiary alicyclic amines) is 1. The van der Waals surface area contributed by atoms with E-state index in [4.69, 9.17) is 0 Å². The monoisotopic (exact) mass is 311 g/mol. The van der Waals surface area contributed by atoms with Crippen LogP contribution in [0.2, 0.25) is 0 Å². The van der Waals surface area contributed by atoms with Crippen molar-refractivity contribution in [2.75, 3.05) is 13.1 Å². The zero-order chi connectivity index (χ0) is 16.2. The lowest BCUT2D eigenvalue weighted by molar-refractivity contribution is 0.0682. The number of hydrogen-bond acceptors (Lipinski definition) is 2. The Labute approximate surface area is 138 Å². The van der Waals surface area contributed by atoms with Gasteiger partial charge in [0, 0.05) is 13.1 Å². The van der Waals surface area contributed by atoms with Gasteiger partial charge in [-0.05, 0) is 30.7 Å². The Balaban J connectivity index is 1.81. The summed E-state index contributed by atoms with van der Waals surface area (Å²) in [4.78, 5) is 14.9. The van der Waals surface area contributed by atoms with Crippen LogP contribution in [0.5, 0.6) is 0 Å². The summed E-state index contributed by atoms with van der Waals surface area (Å²) >= 11 is 0. The number of nitrogens with zero attached hydrogens (tertiary/aromatic N) is 3. The largest absolute Gasteiger partial charge is 0.338 e. The average Bonchev–Trinajstić information content (AvgIpc) is 2.97. The molecule has 1 aliphatic heterocycles. The van der Waals surface area contributed by atoms with Crippen LogP contribution in [0.25, 0.3) is 0 Å². The van der Waals surface area contributed by atoms with Crippen molar-refractivity contribution >= 4 is 5.91 Å². The number of amides is 1. The molecule has 2 heterocycles. The Morgan fingerprint density at radius 3 is 2.78 bits per heavy atom. The Morgan fingerprint density at radius 1 is 1.30 bits per heavy atom. The van der Waals surface area contributed by atoms with Crippen molar-refractivity contribution < 1.29 is 4.79 Å². The van der Waals surface area contributed by atoms with Crippen molar-refractivity contribution in [3.63, 3.8) is 0 Å². The quantitative estimate of drug-likeness (QED) is 0.868. The number of benzene rings is 1. The van der Waals surface area contributed by atoms with E-state index in [9.17, 15) is 4.79 Å². The second-order valence-corrected chi connectivity index (χ2v) is 6.50. The van der Waals surface area contributed by atoms with E-state index in [2.05, 4.69) is 31.1 Å². The number of carbonyl (C=O) groups is 1. The fourth-order valence-corrected chi connectivity index (χ4v) is 3.40. The first kappa shape index (κ1) is 15.8. The highest BCUT2D eigenvalue weighted by molar-refractivity contribution is 5.95. The molecule has 1 aliphatic rings. The topological polar surface area (TPSA) is 38.1 Å². The molecule has 1 fully saturated rings. The van der Waals surface area contributed by atoms with E-state index in [-0.39, 0.29) is 5.91 Å². The minimum atomic E-state index is 0.146. The van der Waals surface area contributed by atoms with Crippen LogP contribution in [0.1, 0.15) is 48.3 Å². The summed E-state index contributed by atoms with van der Waals surface area (Å²) in [5.41, 5.74) is 3.02. The van der Waals surface area contributed by atoms with Gasteiger partial charge in [-0.1, -0.05) is 44.2 Å². The van der Waals surface area contributed by atoms with Gasteiger partial charge in [0.15, 0.2) is 0 Å². The highest BCUT2D eigenvalue weighted by Crippen LogP contribution is 2.20. The minimum absolute atomic E-state index is 0.146. The van der Waals surface area contributed by atoms with E-state index in [1.54, 1.807) is 6.20 Å². The Bertz CT molecular complexity index is 663. The standard InChI is InChI=1S/C19H25N3O/c1-3-18-17(19(23)21-11-7-8-15(2)13-21)12-20-22(18)14-16-9-5-4-6-10-16/h4-6,9-10,12,15H,3,7-8,11,13-14H2,1-2H3. The molecule has 122 valence electrons. The van der Waals surface area contributed by atoms with Crippen LogP contribution in [-0.4, -0.2) is 33.7 Å².